The third kappa shape index (κ3) is 1.42. The second kappa shape index (κ2) is 3.58. The molecular weight excluding hydrogens is 198 g/mol. The molecule has 0 aliphatic rings. The van der Waals surface area contributed by atoms with Crippen LogP contribution in [0.15, 0.2) is 0 Å². The van der Waals surface area contributed by atoms with Crippen molar-refractivity contribution in [1.82, 2.24) is 14.8 Å². The molecule has 0 saturated heterocycles. The Morgan fingerprint density at radius 2 is 1.56 bits per heavy atom. The van der Waals surface area contributed by atoms with Crippen LogP contribution in [0.4, 0.5) is 0 Å². The molecule has 0 fully saturated rings. The molecule has 2 rings (SSSR count). The van der Waals surface area contributed by atoms with Crippen molar-refractivity contribution < 1.29 is 0 Å². The van der Waals surface area contributed by atoms with E-state index in [1.54, 1.807) is 0 Å². The van der Waals surface area contributed by atoms with E-state index in [2.05, 4.69) is 51.6 Å². The largest absolute Gasteiger partial charge is 0.244 e. The van der Waals surface area contributed by atoms with Crippen LogP contribution in [0.25, 0.3) is 11.0 Å². The van der Waals surface area contributed by atoms with Crippen molar-refractivity contribution in [2.45, 2.75) is 47.6 Å². The van der Waals surface area contributed by atoms with Crippen molar-refractivity contribution in [1.29, 1.82) is 0 Å². The lowest BCUT2D eigenvalue weighted by Crippen LogP contribution is -2.04. The molecule has 0 N–H and O–H groups in total. The molecule has 0 amide bonds. The number of hydrogen-bond acceptors (Lipinski definition) is 2. The molecule has 2 heterocycles. The van der Waals surface area contributed by atoms with Gasteiger partial charge in [0.2, 0.25) is 0 Å². The summed E-state index contributed by atoms with van der Waals surface area (Å²) < 4.78 is 2.02. The van der Waals surface area contributed by atoms with Crippen LogP contribution in [0.1, 0.15) is 42.4 Å². The summed E-state index contributed by atoms with van der Waals surface area (Å²) in [7, 11) is 0. The number of hydrogen-bond donors (Lipinski definition) is 0. The molecule has 0 spiro atoms. The highest BCUT2D eigenvalue weighted by atomic mass is 15.3. The summed E-state index contributed by atoms with van der Waals surface area (Å²) in [5.41, 5.74) is 5.79. The quantitative estimate of drug-likeness (QED) is 0.734. The Hall–Kier alpha value is -1.38. The lowest BCUT2D eigenvalue weighted by atomic mass is 10.1. The maximum atomic E-state index is 4.68. The van der Waals surface area contributed by atoms with Crippen molar-refractivity contribution >= 4 is 11.0 Å². The minimum absolute atomic E-state index is 0.352. The van der Waals surface area contributed by atoms with Gasteiger partial charge >= 0.3 is 0 Å². The van der Waals surface area contributed by atoms with Gasteiger partial charge in [0.25, 0.3) is 0 Å². The molecule has 0 unspecified atom stereocenters. The topological polar surface area (TPSA) is 30.7 Å². The predicted octanol–water partition coefficient (Wildman–Crippen LogP) is 3.25. The van der Waals surface area contributed by atoms with Gasteiger partial charge in [0.05, 0.1) is 5.69 Å². The maximum absolute atomic E-state index is 4.68. The van der Waals surface area contributed by atoms with Crippen molar-refractivity contribution in [2.24, 2.45) is 0 Å². The molecule has 86 valence electrons. The van der Waals surface area contributed by atoms with Crippen LogP contribution in [0.3, 0.4) is 0 Å². The lowest BCUT2D eigenvalue weighted by Gasteiger charge is -2.09. The standard InChI is InChI=1S/C13H19N3/c1-7(2)16-13-12(11(6)15-16)9(4)8(3)10(5)14-13/h7H,1-6H3. The second-order valence-electron chi connectivity index (χ2n) is 4.77. The highest BCUT2D eigenvalue weighted by molar-refractivity contribution is 5.83. The lowest BCUT2D eigenvalue weighted by molar-refractivity contribution is 0.542. The molecule has 0 saturated carbocycles. The van der Waals surface area contributed by atoms with Gasteiger partial charge in [-0.3, -0.25) is 0 Å². The van der Waals surface area contributed by atoms with E-state index in [9.17, 15) is 0 Å². The Morgan fingerprint density at radius 1 is 0.938 bits per heavy atom. The molecule has 2 aromatic heterocycles. The van der Waals surface area contributed by atoms with Gasteiger partial charge in [-0.15, -0.1) is 0 Å². The highest BCUT2D eigenvalue weighted by Gasteiger charge is 2.15. The van der Waals surface area contributed by atoms with E-state index in [1.165, 1.54) is 16.5 Å². The van der Waals surface area contributed by atoms with E-state index in [-0.39, 0.29) is 0 Å². The van der Waals surface area contributed by atoms with Crippen molar-refractivity contribution in [2.75, 3.05) is 0 Å². The number of aromatic nitrogens is 3. The molecule has 0 aliphatic heterocycles. The second-order valence-corrected chi connectivity index (χ2v) is 4.77. The summed E-state index contributed by atoms with van der Waals surface area (Å²) in [4.78, 5) is 4.68. The molecule has 0 atom stereocenters. The van der Waals surface area contributed by atoms with Crippen molar-refractivity contribution in [3.8, 4) is 0 Å². The van der Waals surface area contributed by atoms with E-state index in [1.807, 2.05) is 4.68 Å². The molecule has 3 heteroatoms. The first-order valence-corrected chi connectivity index (χ1v) is 5.76. The molecule has 2 aromatic rings. The van der Waals surface area contributed by atoms with Crippen molar-refractivity contribution in [3.05, 3.63) is 22.5 Å². The zero-order valence-corrected chi connectivity index (χ0v) is 10.9. The van der Waals surface area contributed by atoms with Gasteiger partial charge in [-0.2, -0.15) is 5.10 Å². The fraction of sp³-hybridized carbons (Fsp3) is 0.538. The van der Waals surface area contributed by atoms with E-state index in [4.69, 9.17) is 0 Å². The number of rotatable bonds is 1. The molecule has 16 heavy (non-hydrogen) atoms. The Kier molecular flexibility index (Phi) is 2.49. The van der Waals surface area contributed by atoms with Crippen LogP contribution in [-0.2, 0) is 0 Å². The van der Waals surface area contributed by atoms with Crippen LogP contribution in [-0.4, -0.2) is 14.8 Å². The highest BCUT2D eigenvalue weighted by Crippen LogP contribution is 2.26. The van der Waals surface area contributed by atoms with Crippen LogP contribution in [0, 0.1) is 27.7 Å². The van der Waals surface area contributed by atoms with E-state index in [0.29, 0.717) is 6.04 Å². The van der Waals surface area contributed by atoms with E-state index >= 15 is 0 Å². The molecule has 0 bridgehead atoms. The average molecular weight is 217 g/mol. The number of aryl methyl sites for hydroxylation is 3. The Balaban J connectivity index is 2.92. The minimum Gasteiger partial charge on any atom is -0.244 e. The molecule has 0 radical (unpaired) electrons. The van der Waals surface area contributed by atoms with Gasteiger partial charge in [-0.25, -0.2) is 9.67 Å². The predicted molar refractivity (Wildman–Crippen MR) is 66.9 cm³/mol. The normalized spacial score (nSPS) is 11.7. The Morgan fingerprint density at radius 3 is 2.12 bits per heavy atom. The summed E-state index contributed by atoms with van der Waals surface area (Å²) in [5.74, 6) is 0. The van der Waals surface area contributed by atoms with Gasteiger partial charge in [0, 0.05) is 17.1 Å². The van der Waals surface area contributed by atoms with Gasteiger partial charge in [-0.05, 0) is 52.7 Å². The summed E-state index contributed by atoms with van der Waals surface area (Å²) >= 11 is 0. The molecule has 3 nitrogen and oxygen atoms in total. The van der Waals surface area contributed by atoms with Crippen molar-refractivity contribution in [3.63, 3.8) is 0 Å². The monoisotopic (exact) mass is 217 g/mol. The number of pyridine rings is 1. The first kappa shape index (κ1) is 11.1. The minimum atomic E-state index is 0.352. The molecule has 0 aromatic carbocycles. The van der Waals surface area contributed by atoms with Crippen LogP contribution < -0.4 is 0 Å². The third-order valence-electron chi connectivity index (χ3n) is 3.30. The Bertz CT molecular complexity index is 550. The van der Waals surface area contributed by atoms with Gasteiger partial charge < -0.3 is 0 Å². The van der Waals surface area contributed by atoms with Crippen LogP contribution in [0.5, 0.6) is 0 Å². The van der Waals surface area contributed by atoms with Crippen LogP contribution >= 0.6 is 0 Å². The Labute approximate surface area is 96.5 Å². The van der Waals surface area contributed by atoms with Gasteiger partial charge in [0.15, 0.2) is 5.65 Å². The maximum Gasteiger partial charge on any atom is 0.158 e. The summed E-state index contributed by atoms with van der Waals surface area (Å²) in [6.45, 7) is 12.7. The number of fused-ring (bicyclic) bond motifs is 1. The summed E-state index contributed by atoms with van der Waals surface area (Å²) in [6.07, 6.45) is 0. The zero-order valence-electron chi connectivity index (χ0n) is 10.9. The zero-order chi connectivity index (χ0) is 12.0. The first-order valence-electron chi connectivity index (χ1n) is 5.76. The molecule has 0 aliphatic carbocycles. The van der Waals surface area contributed by atoms with Gasteiger partial charge in [-0.1, -0.05) is 0 Å². The van der Waals surface area contributed by atoms with Crippen LogP contribution in [0.2, 0.25) is 0 Å². The number of nitrogens with zero attached hydrogens (tertiary/aromatic N) is 3. The smallest absolute Gasteiger partial charge is 0.158 e. The average Bonchev–Trinajstić information content (AvgIpc) is 2.52. The fourth-order valence-corrected chi connectivity index (χ4v) is 2.14. The first-order chi connectivity index (χ1) is 7.43. The fourth-order valence-electron chi connectivity index (χ4n) is 2.14. The summed E-state index contributed by atoms with van der Waals surface area (Å²) in [5, 5.41) is 5.81. The van der Waals surface area contributed by atoms with E-state index < -0.39 is 0 Å². The molecular formula is C13H19N3. The van der Waals surface area contributed by atoms with Gasteiger partial charge in [0.1, 0.15) is 0 Å². The van der Waals surface area contributed by atoms with E-state index in [0.717, 1.165) is 17.0 Å². The SMILES string of the molecule is Cc1nc2c(c(C)nn2C(C)C)c(C)c1C. The summed E-state index contributed by atoms with van der Waals surface area (Å²) in [6, 6.07) is 0.352. The third-order valence-corrected chi connectivity index (χ3v) is 3.30.